The van der Waals surface area contributed by atoms with Crippen molar-refractivity contribution in [2.24, 2.45) is 0 Å². The van der Waals surface area contributed by atoms with Crippen LogP contribution in [0.15, 0.2) is 24.3 Å². The van der Waals surface area contributed by atoms with Crippen molar-refractivity contribution in [2.75, 3.05) is 32.8 Å². The van der Waals surface area contributed by atoms with Gasteiger partial charge in [-0.05, 0) is 37.6 Å². The van der Waals surface area contributed by atoms with Crippen LogP contribution in [0.3, 0.4) is 0 Å². The van der Waals surface area contributed by atoms with Crippen molar-refractivity contribution in [3.63, 3.8) is 0 Å². The zero-order valence-electron chi connectivity index (χ0n) is 12.6. The van der Waals surface area contributed by atoms with Gasteiger partial charge in [-0.3, -0.25) is 0 Å². The van der Waals surface area contributed by atoms with E-state index in [1.165, 1.54) is 5.56 Å². The molecule has 0 heterocycles. The summed E-state index contributed by atoms with van der Waals surface area (Å²) in [6.45, 7) is 8.15. The molecular formula is C16H27ClN2O. The Hall–Kier alpha value is -0.610. The van der Waals surface area contributed by atoms with Crippen molar-refractivity contribution in [1.82, 2.24) is 10.2 Å². The molecule has 0 radical (unpaired) electrons. The molecule has 1 atom stereocenters. The molecule has 0 bridgehead atoms. The Balaban J connectivity index is 2.67. The molecule has 0 aliphatic carbocycles. The van der Waals surface area contributed by atoms with Gasteiger partial charge in [0.25, 0.3) is 0 Å². The lowest BCUT2D eigenvalue weighted by Gasteiger charge is -2.25. The second-order valence-electron chi connectivity index (χ2n) is 4.97. The summed E-state index contributed by atoms with van der Waals surface area (Å²) in [5.41, 5.74) is 1.17. The molecule has 114 valence electrons. The fourth-order valence-corrected chi connectivity index (χ4v) is 2.59. The van der Waals surface area contributed by atoms with Gasteiger partial charge in [0.15, 0.2) is 0 Å². The normalized spacial score (nSPS) is 12.8. The molecule has 3 nitrogen and oxygen atoms in total. The summed E-state index contributed by atoms with van der Waals surface area (Å²) in [7, 11) is 0. The standard InChI is InChI=1S/C16H27ClN2O/c1-3-10-18-16(9-11-19(4-2)12-13-20)14-7-5-6-8-15(14)17/h5-8,16,18,20H,3-4,9-13H2,1-2H3. The second kappa shape index (κ2) is 10.2. The quantitative estimate of drug-likeness (QED) is 0.697. The van der Waals surface area contributed by atoms with Crippen molar-refractivity contribution in [3.8, 4) is 0 Å². The molecule has 1 rings (SSSR count). The maximum absolute atomic E-state index is 9.06. The van der Waals surface area contributed by atoms with Gasteiger partial charge < -0.3 is 15.3 Å². The number of halogens is 1. The SMILES string of the molecule is CCCNC(CCN(CC)CCO)c1ccccc1Cl. The van der Waals surface area contributed by atoms with Crippen LogP contribution in [0.2, 0.25) is 5.02 Å². The Labute approximate surface area is 127 Å². The van der Waals surface area contributed by atoms with E-state index in [4.69, 9.17) is 16.7 Å². The fraction of sp³-hybridized carbons (Fsp3) is 0.625. The van der Waals surface area contributed by atoms with E-state index in [2.05, 4.69) is 30.1 Å². The first-order chi connectivity index (χ1) is 9.72. The van der Waals surface area contributed by atoms with Crippen molar-refractivity contribution in [3.05, 3.63) is 34.9 Å². The predicted octanol–water partition coefficient (Wildman–Crippen LogP) is 3.09. The zero-order chi connectivity index (χ0) is 14.8. The smallest absolute Gasteiger partial charge is 0.0558 e. The molecule has 0 amide bonds. The number of aliphatic hydroxyl groups is 1. The van der Waals surface area contributed by atoms with Crippen LogP contribution in [0.25, 0.3) is 0 Å². The third-order valence-corrected chi connectivity index (χ3v) is 3.86. The van der Waals surface area contributed by atoms with Gasteiger partial charge >= 0.3 is 0 Å². The monoisotopic (exact) mass is 298 g/mol. The van der Waals surface area contributed by atoms with Crippen LogP contribution in [-0.2, 0) is 0 Å². The number of hydrogen-bond acceptors (Lipinski definition) is 3. The number of nitrogens with zero attached hydrogens (tertiary/aromatic N) is 1. The average molecular weight is 299 g/mol. The summed E-state index contributed by atoms with van der Waals surface area (Å²) in [5.74, 6) is 0. The first-order valence-corrected chi connectivity index (χ1v) is 7.91. The Bertz CT molecular complexity index is 373. The van der Waals surface area contributed by atoms with Crippen LogP contribution in [-0.4, -0.2) is 42.8 Å². The molecule has 0 spiro atoms. The summed E-state index contributed by atoms with van der Waals surface area (Å²) >= 11 is 6.31. The molecular weight excluding hydrogens is 272 g/mol. The first-order valence-electron chi connectivity index (χ1n) is 7.53. The van der Waals surface area contributed by atoms with Gasteiger partial charge in [-0.2, -0.15) is 0 Å². The molecule has 0 saturated heterocycles. The van der Waals surface area contributed by atoms with E-state index >= 15 is 0 Å². The highest BCUT2D eigenvalue weighted by atomic mass is 35.5. The van der Waals surface area contributed by atoms with Crippen LogP contribution in [0, 0.1) is 0 Å². The molecule has 1 aromatic carbocycles. The molecule has 0 saturated carbocycles. The second-order valence-corrected chi connectivity index (χ2v) is 5.38. The molecule has 0 aromatic heterocycles. The Morgan fingerprint density at radius 3 is 2.60 bits per heavy atom. The highest BCUT2D eigenvalue weighted by Gasteiger charge is 2.14. The Morgan fingerprint density at radius 1 is 1.25 bits per heavy atom. The van der Waals surface area contributed by atoms with Crippen LogP contribution in [0.4, 0.5) is 0 Å². The average Bonchev–Trinajstić information content (AvgIpc) is 2.47. The molecule has 0 fully saturated rings. The van der Waals surface area contributed by atoms with Gasteiger partial charge in [-0.15, -0.1) is 0 Å². The van der Waals surface area contributed by atoms with Gasteiger partial charge in [0.1, 0.15) is 0 Å². The van der Waals surface area contributed by atoms with Gasteiger partial charge in [0, 0.05) is 24.2 Å². The molecule has 1 aromatic rings. The van der Waals surface area contributed by atoms with Crippen molar-refractivity contribution < 1.29 is 5.11 Å². The number of aliphatic hydroxyl groups excluding tert-OH is 1. The zero-order valence-corrected chi connectivity index (χ0v) is 13.4. The number of hydrogen-bond donors (Lipinski definition) is 2. The molecule has 2 N–H and O–H groups in total. The lowest BCUT2D eigenvalue weighted by Crippen LogP contribution is -2.31. The van der Waals surface area contributed by atoms with E-state index in [0.29, 0.717) is 0 Å². The third kappa shape index (κ3) is 5.80. The minimum absolute atomic E-state index is 0.215. The maximum atomic E-state index is 9.06. The van der Waals surface area contributed by atoms with E-state index in [1.54, 1.807) is 0 Å². The lowest BCUT2D eigenvalue weighted by molar-refractivity contribution is 0.195. The molecule has 20 heavy (non-hydrogen) atoms. The molecule has 4 heteroatoms. The number of likely N-dealkylation sites (N-methyl/N-ethyl adjacent to an activating group) is 1. The minimum atomic E-state index is 0.215. The number of rotatable bonds is 10. The predicted molar refractivity (Wildman–Crippen MR) is 86.3 cm³/mol. The van der Waals surface area contributed by atoms with Crippen molar-refractivity contribution in [1.29, 1.82) is 0 Å². The summed E-state index contributed by atoms with van der Waals surface area (Å²) in [4.78, 5) is 2.26. The Kier molecular flexibility index (Phi) is 8.86. The lowest BCUT2D eigenvalue weighted by atomic mass is 10.0. The van der Waals surface area contributed by atoms with E-state index in [-0.39, 0.29) is 12.6 Å². The molecule has 0 aliphatic rings. The summed E-state index contributed by atoms with van der Waals surface area (Å²) in [5, 5.41) is 13.5. The number of nitrogens with one attached hydrogen (secondary N) is 1. The van der Waals surface area contributed by atoms with Crippen LogP contribution in [0.1, 0.15) is 38.3 Å². The summed E-state index contributed by atoms with van der Waals surface area (Å²) < 4.78 is 0. The Morgan fingerprint density at radius 2 is 2.00 bits per heavy atom. The van der Waals surface area contributed by atoms with Gasteiger partial charge in [0.05, 0.1) is 6.61 Å². The van der Waals surface area contributed by atoms with E-state index in [1.807, 2.05) is 18.2 Å². The first kappa shape index (κ1) is 17.4. The molecule has 1 unspecified atom stereocenters. The highest BCUT2D eigenvalue weighted by molar-refractivity contribution is 6.31. The van der Waals surface area contributed by atoms with E-state index < -0.39 is 0 Å². The van der Waals surface area contributed by atoms with E-state index in [0.717, 1.165) is 44.0 Å². The van der Waals surface area contributed by atoms with Gasteiger partial charge in [-0.25, -0.2) is 0 Å². The molecule has 0 aliphatic heterocycles. The van der Waals surface area contributed by atoms with Gasteiger partial charge in [0.2, 0.25) is 0 Å². The van der Waals surface area contributed by atoms with Crippen LogP contribution < -0.4 is 5.32 Å². The third-order valence-electron chi connectivity index (χ3n) is 3.52. The minimum Gasteiger partial charge on any atom is -0.395 e. The highest BCUT2D eigenvalue weighted by Crippen LogP contribution is 2.25. The summed E-state index contributed by atoms with van der Waals surface area (Å²) in [6.07, 6.45) is 2.10. The van der Waals surface area contributed by atoms with E-state index in [9.17, 15) is 0 Å². The van der Waals surface area contributed by atoms with Crippen molar-refractivity contribution in [2.45, 2.75) is 32.7 Å². The summed E-state index contributed by atoms with van der Waals surface area (Å²) in [6, 6.07) is 8.32. The fourth-order valence-electron chi connectivity index (χ4n) is 2.32. The number of benzene rings is 1. The topological polar surface area (TPSA) is 35.5 Å². The van der Waals surface area contributed by atoms with Crippen LogP contribution in [0.5, 0.6) is 0 Å². The van der Waals surface area contributed by atoms with Gasteiger partial charge in [-0.1, -0.05) is 43.6 Å². The largest absolute Gasteiger partial charge is 0.395 e. The van der Waals surface area contributed by atoms with Crippen LogP contribution >= 0.6 is 11.6 Å². The van der Waals surface area contributed by atoms with Crippen molar-refractivity contribution >= 4 is 11.6 Å². The maximum Gasteiger partial charge on any atom is 0.0558 e.